The van der Waals surface area contributed by atoms with Crippen LogP contribution in [0.4, 0.5) is 0 Å². The summed E-state index contributed by atoms with van der Waals surface area (Å²) < 4.78 is 0.500. The van der Waals surface area contributed by atoms with Gasteiger partial charge < -0.3 is 5.73 Å². The Morgan fingerprint density at radius 1 is 1.75 bits per heavy atom. The molecule has 1 aliphatic rings. The maximum Gasteiger partial charge on any atom is 0.0287 e. The Morgan fingerprint density at radius 3 is 2.38 bits per heavy atom. The second-order valence-electron chi connectivity index (χ2n) is 2.34. The van der Waals surface area contributed by atoms with Crippen molar-refractivity contribution in [2.45, 2.75) is 24.5 Å². The van der Waals surface area contributed by atoms with Gasteiger partial charge in [-0.2, -0.15) is 11.8 Å². The van der Waals surface area contributed by atoms with E-state index in [9.17, 15) is 0 Å². The van der Waals surface area contributed by atoms with E-state index in [1.54, 1.807) is 0 Å². The Balaban J connectivity index is 2.33. The Kier molecular flexibility index (Phi) is 1.83. The van der Waals surface area contributed by atoms with Crippen LogP contribution in [-0.4, -0.2) is 17.0 Å². The molecule has 1 rings (SSSR count). The summed E-state index contributed by atoms with van der Waals surface area (Å²) in [7, 11) is 0. The fraction of sp³-hybridized carbons (Fsp3) is 1.00. The van der Waals surface area contributed by atoms with Gasteiger partial charge >= 0.3 is 0 Å². The first-order valence-corrected chi connectivity index (χ1v) is 4.15. The Bertz CT molecular complexity index is 65.1. The molecule has 1 saturated heterocycles. The highest BCUT2D eigenvalue weighted by Gasteiger charge is 2.33. The van der Waals surface area contributed by atoms with Gasteiger partial charge in [0, 0.05) is 11.3 Å². The van der Waals surface area contributed by atoms with Gasteiger partial charge in [-0.3, -0.25) is 0 Å². The van der Waals surface area contributed by atoms with E-state index < -0.39 is 0 Å². The molecule has 8 heavy (non-hydrogen) atoms. The largest absolute Gasteiger partial charge is 0.329 e. The highest BCUT2D eigenvalue weighted by molar-refractivity contribution is 8.02. The lowest BCUT2D eigenvalue weighted by molar-refractivity contribution is 0.530. The fourth-order valence-corrected chi connectivity index (χ4v) is 2.08. The molecule has 1 atom stereocenters. The molecule has 0 aromatic carbocycles. The molecule has 1 aliphatic heterocycles. The average molecular weight is 131 g/mol. The van der Waals surface area contributed by atoms with Gasteiger partial charge in [0.05, 0.1) is 0 Å². The molecule has 1 nitrogen and oxygen atoms in total. The number of hydrogen-bond donors (Lipinski definition) is 1. The highest BCUT2D eigenvalue weighted by Crippen LogP contribution is 2.42. The monoisotopic (exact) mass is 131 g/mol. The number of nitrogens with two attached hydrogens (primary N) is 1. The molecule has 0 saturated carbocycles. The number of rotatable bonds is 2. The standard InChI is InChI=1S/C6H13NS/c1-2-6(5-7)3-4-8-6/h2-5,7H2,1H3. The van der Waals surface area contributed by atoms with E-state index in [2.05, 4.69) is 6.92 Å². The zero-order valence-electron chi connectivity index (χ0n) is 5.31. The zero-order chi connectivity index (χ0) is 6.04. The predicted octanol–water partition coefficient (Wildman–Crippen LogP) is 1.23. The lowest BCUT2D eigenvalue weighted by atomic mass is 10.0. The lowest BCUT2D eigenvalue weighted by Crippen LogP contribution is -2.41. The van der Waals surface area contributed by atoms with Gasteiger partial charge in [0.1, 0.15) is 0 Å². The molecule has 0 bridgehead atoms. The molecule has 1 unspecified atom stereocenters. The van der Waals surface area contributed by atoms with Crippen molar-refractivity contribution in [3.63, 3.8) is 0 Å². The van der Waals surface area contributed by atoms with Crippen LogP contribution in [0.3, 0.4) is 0 Å². The van der Waals surface area contributed by atoms with Crippen molar-refractivity contribution >= 4 is 11.8 Å². The van der Waals surface area contributed by atoms with Crippen molar-refractivity contribution in [3.8, 4) is 0 Å². The van der Waals surface area contributed by atoms with Crippen molar-refractivity contribution in [1.29, 1.82) is 0 Å². The first-order valence-electron chi connectivity index (χ1n) is 3.17. The van der Waals surface area contributed by atoms with Crippen LogP contribution in [-0.2, 0) is 0 Å². The van der Waals surface area contributed by atoms with Crippen molar-refractivity contribution in [1.82, 2.24) is 0 Å². The van der Waals surface area contributed by atoms with Crippen molar-refractivity contribution in [2.75, 3.05) is 12.3 Å². The lowest BCUT2D eigenvalue weighted by Gasteiger charge is -2.39. The highest BCUT2D eigenvalue weighted by atomic mass is 32.2. The maximum atomic E-state index is 5.56. The van der Waals surface area contributed by atoms with Crippen LogP contribution >= 0.6 is 11.8 Å². The molecule has 0 spiro atoms. The second kappa shape index (κ2) is 2.28. The fourth-order valence-electron chi connectivity index (χ4n) is 0.975. The zero-order valence-corrected chi connectivity index (χ0v) is 6.13. The van der Waals surface area contributed by atoms with Crippen molar-refractivity contribution in [3.05, 3.63) is 0 Å². The van der Waals surface area contributed by atoms with E-state index in [1.165, 1.54) is 18.6 Å². The van der Waals surface area contributed by atoms with Gasteiger partial charge in [-0.1, -0.05) is 6.92 Å². The Morgan fingerprint density at radius 2 is 2.38 bits per heavy atom. The van der Waals surface area contributed by atoms with Crippen LogP contribution in [0.1, 0.15) is 19.8 Å². The third kappa shape index (κ3) is 0.869. The summed E-state index contributed by atoms with van der Waals surface area (Å²) in [6.45, 7) is 3.09. The minimum absolute atomic E-state index is 0.500. The molecule has 1 heterocycles. The molecule has 2 N–H and O–H groups in total. The van der Waals surface area contributed by atoms with Crippen LogP contribution in [0.2, 0.25) is 0 Å². The molecule has 0 radical (unpaired) electrons. The summed E-state index contributed by atoms with van der Waals surface area (Å²) in [5.74, 6) is 1.32. The van der Waals surface area contributed by atoms with Gasteiger partial charge in [-0.05, 0) is 18.6 Å². The topological polar surface area (TPSA) is 26.0 Å². The van der Waals surface area contributed by atoms with Crippen LogP contribution in [0, 0.1) is 0 Å². The Hall–Kier alpha value is 0.310. The molecule has 2 heteroatoms. The smallest absolute Gasteiger partial charge is 0.0287 e. The molecule has 0 aromatic rings. The molecule has 0 amide bonds. The summed E-state index contributed by atoms with van der Waals surface area (Å²) in [4.78, 5) is 0. The maximum absolute atomic E-state index is 5.56. The van der Waals surface area contributed by atoms with Gasteiger partial charge in [0.2, 0.25) is 0 Å². The van der Waals surface area contributed by atoms with Gasteiger partial charge in [0.25, 0.3) is 0 Å². The summed E-state index contributed by atoms with van der Waals surface area (Å²) in [6.07, 6.45) is 2.58. The van der Waals surface area contributed by atoms with Gasteiger partial charge in [-0.25, -0.2) is 0 Å². The molecular weight excluding hydrogens is 118 g/mol. The molecule has 48 valence electrons. The summed E-state index contributed by atoms with van der Waals surface area (Å²) in [6, 6.07) is 0. The molecule has 1 fully saturated rings. The van der Waals surface area contributed by atoms with E-state index in [0.717, 1.165) is 6.54 Å². The Labute approximate surface area is 55.0 Å². The normalized spacial score (nSPS) is 36.8. The van der Waals surface area contributed by atoms with E-state index >= 15 is 0 Å². The van der Waals surface area contributed by atoms with Crippen LogP contribution in [0.25, 0.3) is 0 Å². The summed E-state index contributed by atoms with van der Waals surface area (Å²) in [5, 5.41) is 0. The number of thioether (sulfide) groups is 1. The van der Waals surface area contributed by atoms with Crippen LogP contribution in [0.15, 0.2) is 0 Å². The third-order valence-corrected chi connectivity index (χ3v) is 3.66. The summed E-state index contributed by atoms with van der Waals surface area (Å²) in [5.41, 5.74) is 5.56. The van der Waals surface area contributed by atoms with Gasteiger partial charge in [-0.15, -0.1) is 0 Å². The van der Waals surface area contributed by atoms with Crippen molar-refractivity contribution in [2.24, 2.45) is 5.73 Å². The average Bonchev–Trinajstić information content (AvgIpc) is 1.67. The minimum Gasteiger partial charge on any atom is -0.329 e. The van der Waals surface area contributed by atoms with E-state index in [0.29, 0.717) is 4.75 Å². The summed E-state index contributed by atoms with van der Waals surface area (Å²) >= 11 is 2.03. The van der Waals surface area contributed by atoms with Gasteiger partial charge in [0.15, 0.2) is 0 Å². The molecular formula is C6H13NS. The molecule has 0 aliphatic carbocycles. The van der Waals surface area contributed by atoms with Crippen LogP contribution < -0.4 is 5.73 Å². The van der Waals surface area contributed by atoms with Crippen LogP contribution in [0.5, 0.6) is 0 Å². The first-order chi connectivity index (χ1) is 3.83. The third-order valence-electron chi connectivity index (χ3n) is 1.98. The molecule has 0 aromatic heterocycles. The first kappa shape index (κ1) is 6.43. The second-order valence-corrected chi connectivity index (χ2v) is 3.90. The predicted molar refractivity (Wildman–Crippen MR) is 39.2 cm³/mol. The van der Waals surface area contributed by atoms with E-state index in [-0.39, 0.29) is 0 Å². The SMILES string of the molecule is CCC1(CN)CCS1. The number of hydrogen-bond acceptors (Lipinski definition) is 2. The quantitative estimate of drug-likeness (QED) is 0.610. The van der Waals surface area contributed by atoms with Crippen molar-refractivity contribution < 1.29 is 0 Å². The van der Waals surface area contributed by atoms with E-state index in [4.69, 9.17) is 5.73 Å². The van der Waals surface area contributed by atoms with E-state index in [1.807, 2.05) is 11.8 Å². The minimum atomic E-state index is 0.500.